The van der Waals surface area contributed by atoms with Crippen LogP contribution in [0.3, 0.4) is 0 Å². The predicted molar refractivity (Wildman–Crippen MR) is 116 cm³/mol. The number of hydrogen-bond donors (Lipinski definition) is 3. The maximum atomic E-state index is 13.4. The smallest absolute Gasteiger partial charge is 0.252 e. The lowest BCUT2D eigenvalue weighted by atomic mass is 10.0. The number of benzene rings is 2. The summed E-state index contributed by atoms with van der Waals surface area (Å²) in [4.78, 5) is 39.5. The Balaban J connectivity index is 1.64. The zero-order valence-corrected chi connectivity index (χ0v) is 17.4. The summed E-state index contributed by atoms with van der Waals surface area (Å²) in [6.45, 7) is 1.41. The molecule has 0 spiro atoms. The predicted octanol–water partition coefficient (Wildman–Crippen LogP) is 2.74. The van der Waals surface area contributed by atoms with Gasteiger partial charge in [0.25, 0.3) is 5.91 Å². The minimum Gasteiger partial charge on any atom is -0.380 e. The number of hydrogen-bond acceptors (Lipinski definition) is 4. The lowest BCUT2D eigenvalue weighted by Gasteiger charge is -2.26. The summed E-state index contributed by atoms with van der Waals surface area (Å²) in [7, 11) is 0. The molecule has 1 heterocycles. The zero-order valence-electron chi connectivity index (χ0n) is 16.7. The topological polar surface area (TPSA) is 102 Å². The minimum absolute atomic E-state index is 0.00721. The first-order valence-corrected chi connectivity index (χ1v) is 9.86. The molecule has 31 heavy (non-hydrogen) atoms. The van der Waals surface area contributed by atoms with E-state index in [4.69, 9.17) is 11.6 Å². The van der Waals surface area contributed by atoms with Crippen LogP contribution in [0.4, 0.5) is 10.1 Å². The van der Waals surface area contributed by atoms with Crippen molar-refractivity contribution in [1.29, 1.82) is 0 Å². The third kappa shape index (κ3) is 5.68. The van der Waals surface area contributed by atoms with Crippen LogP contribution in [-0.2, 0) is 16.1 Å². The molecule has 0 aliphatic rings. The van der Waals surface area contributed by atoms with E-state index >= 15 is 0 Å². The van der Waals surface area contributed by atoms with Gasteiger partial charge in [-0.2, -0.15) is 0 Å². The van der Waals surface area contributed by atoms with Crippen molar-refractivity contribution in [1.82, 2.24) is 10.3 Å². The van der Waals surface area contributed by atoms with E-state index in [-0.39, 0.29) is 30.1 Å². The first-order valence-electron chi connectivity index (χ1n) is 9.48. The largest absolute Gasteiger partial charge is 0.380 e. The second-order valence-electron chi connectivity index (χ2n) is 7.38. The van der Waals surface area contributed by atoms with Crippen molar-refractivity contribution in [2.45, 2.75) is 25.5 Å². The monoisotopic (exact) mass is 445 g/mol. The summed E-state index contributed by atoms with van der Waals surface area (Å²) < 4.78 is 13.4. The molecule has 0 aliphatic heterocycles. The number of carbonyl (C=O) groups is 2. The van der Waals surface area contributed by atoms with Crippen LogP contribution in [0.15, 0.2) is 53.3 Å². The molecular formula is C22H21ClFN3O4. The number of halogens is 2. The number of fused-ring (bicyclic) bond motifs is 1. The van der Waals surface area contributed by atoms with Crippen molar-refractivity contribution >= 4 is 40.5 Å². The van der Waals surface area contributed by atoms with Crippen molar-refractivity contribution in [2.24, 2.45) is 0 Å². The molecular weight excluding hydrogens is 425 g/mol. The number of aromatic amines is 1. The summed E-state index contributed by atoms with van der Waals surface area (Å²) in [5.41, 5.74) is -0.348. The fourth-order valence-corrected chi connectivity index (χ4v) is 3.34. The Hall–Kier alpha value is -3.23. The van der Waals surface area contributed by atoms with Crippen molar-refractivity contribution < 1.29 is 19.1 Å². The molecule has 3 rings (SSSR count). The molecule has 2 amide bonds. The average molecular weight is 446 g/mol. The van der Waals surface area contributed by atoms with Crippen LogP contribution in [0.5, 0.6) is 0 Å². The lowest BCUT2D eigenvalue weighted by Crippen LogP contribution is -2.46. The van der Waals surface area contributed by atoms with Crippen LogP contribution in [0.25, 0.3) is 10.9 Å². The van der Waals surface area contributed by atoms with E-state index in [0.29, 0.717) is 23.2 Å². The van der Waals surface area contributed by atoms with Crippen molar-refractivity contribution in [3.8, 4) is 0 Å². The molecule has 3 aromatic rings. The standard InChI is InChI=1S/C22H21ClFN3O4/c1-22(31,21(30)25-12-14-8-16(23)11-17(24)9-14)6-7-27(13-28)18-3-4-19-15(10-18)2-5-20(29)26-19/h2-5,8-11,13,31H,6-7,12H2,1H3,(H,25,30)(H,26,29). The number of rotatable bonds is 8. The van der Waals surface area contributed by atoms with Gasteiger partial charge in [-0.25, -0.2) is 4.39 Å². The van der Waals surface area contributed by atoms with Crippen LogP contribution >= 0.6 is 11.6 Å². The maximum Gasteiger partial charge on any atom is 0.252 e. The molecule has 162 valence electrons. The molecule has 2 aromatic carbocycles. The quantitative estimate of drug-likeness (QED) is 0.464. The van der Waals surface area contributed by atoms with Gasteiger partial charge in [0.05, 0.1) is 0 Å². The summed E-state index contributed by atoms with van der Waals surface area (Å²) >= 11 is 5.80. The van der Waals surface area contributed by atoms with Crippen molar-refractivity contribution in [2.75, 3.05) is 11.4 Å². The second-order valence-corrected chi connectivity index (χ2v) is 7.81. The normalized spacial score (nSPS) is 12.9. The number of amides is 2. The number of anilines is 1. The Kier molecular flexibility index (Phi) is 6.72. The molecule has 0 fully saturated rings. The van der Waals surface area contributed by atoms with Crippen LogP contribution in [-0.4, -0.2) is 34.6 Å². The molecule has 0 aliphatic carbocycles. The highest BCUT2D eigenvalue weighted by Gasteiger charge is 2.30. The van der Waals surface area contributed by atoms with E-state index in [1.807, 2.05) is 0 Å². The SMILES string of the molecule is CC(O)(CCN(C=O)c1ccc2[nH]c(=O)ccc2c1)C(=O)NCc1cc(F)cc(Cl)c1. The molecule has 0 saturated heterocycles. The van der Waals surface area contributed by atoms with Gasteiger partial charge in [-0.1, -0.05) is 11.6 Å². The fraction of sp³-hybridized carbons (Fsp3) is 0.227. The molecule has 1 unspecified atom stereocenters. The summed E-state index contributed by atoms with van der Waals surface area (Å²) in [6.07, 6.45) is 0.570. The Morgan fingerprint density at radius 3 is 2.74 bits per heavy atom. The number of pyridine rings is 1. The first kappa shape index (κ1) is 22.5. The summed E-state index contributed by atoms with van der Waals surface area (Å²) in [5, 5.41) is 14.1. The number of H-pyrrole nitrogens is 1. The van der Waals surface area contributed by atoms with Gasteiger partial charge in [0.2, 0.25) is 12.0 Å². The molecule has 7 nitrogen and oxygen atoms in total. The van der Waals surface area contributed by atoms with E-state index < -0.39 is 17.3 Å². The third-order valence-corrected chi connectivity index (χ3v) is 5.09. The Morgan fingerprint density at radius 1 is 1.26 bits per heavy atom. The van der Waals surface area contributed by atoms with E-state index in [2.05, 4.69) is 10.3 Å². The third-order valence-electron chi connectivity index (χ3n) is 4.87. The highest BCUT2D eigenvalue weighted by Crippen LogP contribution is 2.21. The van der Waals surface area contributed by atoms with Crippen LogP contribution < -0.4 is 15.8 Å². The minimum atomic E-state index is -1.76. The number of nitrogens with one attached hydrogen (secondary N) is 2. The first-order chi connectivity index (χ1) is 14.7. The number of nitrogens with zero attached hydrogens (tertiary/aromatic N) is 1. The van der Waals surface area contributed by atoms with Gasteiger partial charge in [-0.05, 0) is 55.0 Å². The highest BCUT2D eigenvalue weighted by molar-refractivity contribution is 6.30. The van der Waals surface area contributed by atoms with E-state index in [1.54, 1.807) is 24.3 Å². The molecule has 1 atom stereocenters. The highest BCUT2D eigenvalue weighted by atomic mass is 35.5. The molecule has 9 heteroatoms. The maximum absolute atomic E-state index is 13.4. The van der Waals surface area contributed by atoms with Gasteiger partial charge >= 0.3 is 0 Å². The Bertz CT molecular complexity index is 1160. The fourth-order valence-electron chi connectivity index (χ4n) is 3.10. The van der Waals surface area contributed by atoms with E-state index in [0.717, 1.165) is 11.5 Å². The van der Waals surface area contributed by atoms with Gasteiger partial charge in [-0.3, -0.25) is 14.4 Å². The van der Waals surface area contributed by atoms with Gasteiger partial charge in [0.15, 0.2) is 0 Å². The molecule has 0 bridgehead atoms. The lowest BCUT2D eigenvalue weighted by molar-refractivity contribution is -0.138. The molecule has 1 aromatic heterocycles. The molecule has 0 saturated carbocycles. The van der Waals surface area contributed by atoms with Crippen LogP contribution in [0.2, 0.25) is 5.02 Å². The Morgan fingerprint density at radius 2 is 2.03 bits per heavy atom. The van der Waals surface area contributed by atoms with Crippen LogP contribution in [0, 0.1) is 5.82 Å². The number of aliphatic hydroxyl groups is 1. The van der Waals surface area contributed by atoms with E-state index in [1.165, 1.54) is 30.0 Å². The zero-order chi connectivity index (χ0) is 22.6. The van der Waals surface area contributed by atoms with Crippen LogP contribution in [0.1, 0.15) is 18.9 Å². The van der Waals surface area contributed by atoms with Crippen molar-refractivity contribution in [3.63, 3.8) is 0 Å². The summed E-state index contributed by atoms with van der Waals surface area (Å²) in [6, 6.07) is 12.0. The van der Waals surface area contributed by atoms with Gasteiger partial charge < -0.3 is 20.3 Å². The second kappa shape index (κ2) is 9.28. The summed E-state index contributed by atoms with van der Waals surface area (Å²) in [5.74, 6) is -1.18. The van der Waals surface area contributed by atoms with Gasteiger partial charge in [-0.15, -0.1) is 0 Å². The number of aromatic nitrogens is 1. The molecule has 0 radical (unpaired) electrons. The van der Waals surface area contributed by atoms with Gasteiger partial charge in [0.1, 0.15) is 11.4 Å². The Labute approximate surface area is 182 Å². The molecule has 3 N–H and O–H groups in total. The average Bonchev–Trinajstić information content (AvgIpc) is 2.71. The van der Waals surface area contributed by atoms with E-state index in [9.17, 15) is 23.9 Å². The van der Waals surface area contributed by atoms with Crippen molar-refractivity contribution in [3.05, 3.63) is 75.3 Å². The van der Waals surface area contributed by atoms with Gasteiger partial charge in [0, 0.05) is 47.2 Å². The number of carbonyl (C=O) groups excluding carboxylic acids is 2.